The molecule has 7 heteroatoms. The van der Waals surface area contributed by atoms with E-state index in [1.807, 2.05) is 38.4 Å². The molecule has 3 aromatic rings. The van der Waals surface area contributed by atoms with Gasteiger partial charge in [0.2, 0.25) is 5.89 Å². The Morgan fingerprint density at radius 3 is 2.54 bits per heavy atom. The van der Waals surface area contributed by atoms with E-state index >= 15 is 0 Å². The van der Waals surface area contributed by atoms with Crippen molar-refractivity contribution in [2.75, 3.05) is 19.4 Å². The number of benzene rings is 2. The average molecular weight is 347 g/mol. The number of rotatable bonds is 5. The number of nitrogens with zero attached hydrogens (tertiary/aromatic N) is 3. The molecule has 3 rings (SSSR count). The van der Waals surface area contributed by atoms with Crippen molar-refractivity contribution in [2.45, 2.75) is 6.54 Å². The highest BCUT2D eigenvalue weighted by Crippen LogP contribution is 2.25. The van der Waals surface area contributed by atoms with Crippen LogP contribution in [-0.2, 0) is 6.54 Å². The van der Waals surface area contributed by atoms with Crippen molar-refractivity contribution in [1.29, 1.82) is 0 Å². The minimum absolute atomic E-state index is 0.0243. The van der Waals surface area contributed by atoms with E-state index in [2.05, 4.69) is 20.4 Å². The van der Waals surface area contributed by atoms with E-state index in [0.717, 1.165) is 12.1 Å². The molecule has 0 aliphatic carbocycles. The molecule has 0 unspecified atom stereocenters. The number of nitrogens with one attached hydrogen (secondary N) is 1. The molecule has 0 saturated heterocycles. The van der Waals surface area contributed by atoms with Crippen LogP contribution < -0.4 is 5.32 Å². The lowest BCUT2D eigenvalue weighted by molar-refractivity contribution is 0.402. The maximum Gasteiger partial charge on any atom is 0.320 e. The van der Waals surface area contributed by atoms with Crippen LogP contribution in [0.15, 0.2) is 46.9 Å². The molecule has 0 saturated carbocycles. The lowest BCUT2D eigenvalue weighted by atomic mass is 10.1. The molecule has 0 radical (unpaired) electrons. The minimum Gasteiger partial charge on any atom is -0.403 e. The maximum atomic E-state index is 13.2. The third-order valence-corrected chi connectivity index (χ3v) is 3.59. The highest BCUT2D eigenvalue weighted by molar-refractivity contribution is 6.31. The highest BCUT2D eigenvalue weighted by atomic mass is 35.5. The maximum absolute atomic E-state index is 13.2. The monoisotopic (exact) mass is 346 g/mol. The summed E-state index contributed by atoms with van der Waals surface area (Å²) in [6.07, 6.45) is 0. The Balaban J connectivity index is 1.74. The van der Waals surface area contributed by atoms with E-state index in [1.165, 1.54) is 17.7 Å². The van der Waals surface area contributed by atoms with Crippen LogP contribution in [0.5, 0.6) is 0 Å². The minimum atomic E-state index is -0.480. The second-order valence-corrected chi connectivity index (χ2v) is 6.01. The van der Waals surface area contributed by atoms with Crippen molar-refractivity contribution < 1.29 is 8.81 Å². The molecule has 0 bridgehead atoms. The first-order chi connectivity index (χ1) is 11.5. The summed E-state index contributed by atoms with van der Waals surface area (Å²) in [5.41, 5.74) is 2.59. The second kappa shape index (κ2) is 6.98. The normalized spacial score (nSPS) is 11.0. The van der Waals surface area contributed by atoms with Gasteiger partial charge in [-0.1, -0.05) is 28.8 Å². The summed E-state index contributed by atoms with van der Waals surface area (Å²) in [5, 5.41) is 10.9. The van der Waals surface area contributed by atoms with Gasteiger partial charge in [0.15, 0.2) is 0 Å². The topological polar surface area (TPSA) is 54.2 Å². The summed E-state index contributed by atoms with van der Waals surface area (Å²) in [4.78, 5) is 2.09. The van der Waals surface area contributed by atoms with Gasteiger partial charge in [0.05, 0.1) is 5.02 Å². The molecule has 124 valence electrons. The third-order valence-electron chi connectivity index (χ3n) is 3.30. The van der Waals surface area contributed by atoms with Crippen LogP contribution in [0.4, 0.5) is 16.1 Å². The number of anilines is 2. The fraction of sp³-hybridized carbons (Fsp3) is 0.176. The zero-order valence-electron chi connectivity index (χ0n) is 13.3. The van der Waals surface area contributed by atoms with Crippen molar-refractivity contribution in [2.24, 2.45) is 0 Å². The van der Waals surface area contributed by atoms with Gasteiger partial charge >= 0.3 is 6.01 Å². The molecule has 2 aromatic carbocycles. The van der Waals surface area contributed by atoms with Gasteiger partial charge < -0.3 is 14.6 Å². The Morgan fingerprint density at radius 2 is 1.88 bits per heavy atom. The van der Waals surface area contributed by atoms with E-state index in [-0.39, 0.29) is 11.0 Å². The van der Waals surface area contributed by atoms with Gasteiger partial charge in [-0.25, -0.2) is 4.39 Å². The van der Waals surface area contributed by atoms with Crippen LogP contribution in [0.3, 0.4) is 0 Å². The van der Waals surface area contributed by atoms with Gasteiger partial charge in [-0.2, -0.15) is 0 Å². The van der Waals surface area contributed by atoms with Crippen LogP contribution in [0, 0.1) is 5.82 Å². The largest absolute Gasteiger partial charge is 0.403 e. The Labute approximate surface area is 144 Å². The molecule has 0 atom stereocenters. The summed E-state index contributed by atoms with van der Waals surface area (Å²) < 4.78 is 18.7. The molecule has 0 aliphatic heterocycles. The van der Waals surface area contributed by atoms with Gasteiger partial charge in [-0.15, -0.1) is 5.10 Å². The summed E-state index contributed by atoms with van der Waals surface area (Å²) in [6.45, 7) is 0.863. The zero-order chi connectivity index (χ0) is 17.1. The first-order valence-electron chi connectivity index (χ1n) is 7.31. The number of halogens is 2. The van der Waals surface area contributed by atoms with E-state index in [0.29, 0.717) is 11.6 Å². The Bertz CT molecular complexity index is 833. The first-order valence-corrected chi connectivity index (χ1v) is 7.69. The molecule has 0 spiro atoms. The van der Waals surface area contributed by atoms with Gasteiger partial charge in [-0.3, -0.25) is 0 Å². The SMILES string of the molecule is CN(C)Cc1ccc(-c2nnc(Nc3ccc(F)c(Cl)c3)o2)cc1. The second-order valence-electron chi connectivity index (χ2n) is 5.60. The van der Waals surface area contributed by atoms with Crippen molar-refractivity contribution >= 4 is 23.3 Å². The first kappa shape index (κ1) is 16.4. The van der Waals surface area contributed by atoms with Crippen LogP contribution >= 0.6 is 11.6 Å². The number of aromatic nitrogens is 2. The third kappa shape index (κ3) is 3.90. The van der Waals surface area contributed by atoms with Crippen molar-refractivity contribution in [1.82, 2.24) is 15.1 Å². The standard InChI is InChI=1S/C17H16ClFN4O/c1-23(2)10-11-3-5-12(6-4-11)16-21-22-17(24-16)20-13-7-8-15(19)14(18)9-13/h3-9H,10H2,1-2H3,(H,20,22). The van der Waals surface area contributed by atoms with E-state index in [1.54, 1.807) is 6.07 Å². The van der Waals surface area contributed by atoms with Gasteiger partial charge in [0.1, 0.15) is 5.82 Å². The number of hydrogen-bond donors (Lipinski definition) is 1. The van der Waals surface area contributed by atoms with Crippen LogP contribution in [0.25, 0.3) is 11.5 Å². The Morgan fingerprint density at radius 1 is 1.12 bits per heavy atom. The lowest BCUT2D eigenvalue weighted by Gasteiger charge is -2.09. The van der Waals surface area contributed by atoms with Crippen molar-refractivity contribution in [3.05, 3.63) is 58.9 Å². The van der Waals surface area contributed by atoms with E-state index in [9.17, 15) is 4.39 Å². The fourth-order valence-electron chi connectivity index (χ4n) is 2.21. The summed E-state index contributed by atoms with van der Waals surface area (Å²) >= 11 is 5.75. The Kier molecular flexibility index (Phi) is 4.78. The quantitative estimate of drug-likeness (QED) is 0.745. The number of hydrogen-bond acceptors (Lipinski definition) is 5. The van der Waals surface area contributed by atoms with Gasteiger partial charge in [0.25, 0.3) is 0 Å². The molecule has 0 amide bonds. The molecule has 1 aromatic heterocycles. The Hall–Kier alpha value is -2.44. The molecule has 0 aliphatic rings. The highest BCUT2D eigenvalue weighted by Gasteiger charge is 2.10. The fourth-order valence-corrected chi connectivity index (χ4v) is 2.39. The molecule has 5 nitrogen and oxygen atoms in total. The lowest BCUT2D eigenvalue weighted by Crippen LogP contribution is -2.10. The predicted molar refractivity (Wildman–Crippen MR) is 91.8 cm³/mol. The molecule has 24 heavy (non-hydrogen) atoms. The van der Waals surface area contributed by atoms with Crippen LogP contribution in [-0.4, -0.2) is 29.2 Å². The van der Waals surface area contributed by atoms with Gasteiger partial charge in [-0.05, 0) is 50.0 Å². The molecular weight excluding hydrogens is 331 g/mol. The molecule has 1 N–H and O–H groups in total. The smallest absolute Gasteiger partial charge is 0.320 e. The van der Waals surface area contributed by atoms with Gasteiger partial charge in [0, 0.05) is 17.8 Å². The average Bonchev–Trinajstić information content (AvgIpc) is 3.00. The van der Waals surface area contributed by atoms with E-state index in [4.69, 9.17) is 16.0 Å². The van der Waals surface area contributed by atoms with Crippen LogP contribution in [0.1, 0.15) is 5.56 Å². The summed E-state index contributed by atoms with van der Waals surface area (Å²) in [6, 6.07) is 12.4. The molecule has 0 fully saturated rings. The molecule has 1 heterocycles. The molecular formula is C17H16ClFN4O. The van der Waals surface area contributed by atoms with Crippen molar-refractivity contribution in [3.8, 4) is 11.5 Å². The summed E-state index contributed by atoms with van der Waals surface area (Å²) in [7, 11) is 4.04. The zero-order valence-corrected chi connectivity index (χ0v) is 14.0. The summed E-state index contributed by atoms with van der Waals surface area (Å²) in [5.74, 6) is -0.0756. The van der Waals surface area contributed by atoms with Crippen molar-refractivity contribution in [3.63, 3.8) is 0 Å². The van der Waals surface area contributed by atoms with Crippen LogP contribution in [0.2, 0.25) is 5.02 Å². The predicted octanol–water partition coefficient (Wildman–Crippen LogP) is 4.33. The van der Waals surface area contributed by atoms with E-state index < -0.39 is 5.82 Å².